The van der Waals surface area contributed by atoms with Crippen LogP contribution in [0.3, 0.4) is 0 Å². The highest BCUT2D eigenvalue weighted by Gasteiger charge is 2.06. The minimum atomic E-state index is -0.229. The third-order valence-electron chi connectivity index (χ3n) is 3.57. The lowest BCUT2D eigenvalue weighted by atomic mass is 10.1. The zero-order valence-corrected chi connectivity index (χ0v) is 13.8. The van der Waals surface area contributed by atoms with Gasteiger partial charge in [0.25, 0.3) is 0 Å². The van der Waals surface area contributed by atoms with Crippen LogP contribution in [0.5, 0.6) is 5.75 Å². The van der Waals surface area contributed by atoms with Gasteiger partial charge in [0.2, 0.25) is 0 Å². The van der Waals surface area contributed by atoms with Gasteiger partial charge in [0, 0.05) is 23.7 Å². The molecule has 2 rings (SSSR count). The Morgan fingerprint density at radius 2 is 1.68 bits per heavy atom. The van der Waals surface area contributed by atoms with Crippen LogP contribution in [0.15, 0.2) is 48.5 Å². The smallest absolute Gasteiger partial charge is 0.129 e. The second-order valence-electron chi connectivity index (χ2n) is 5.18. The molecule has 0 saturated heterocycles. The summed E-state index contributed by atoms with van der Waals surface area (Å²) in [5.74, 6) is 0.573. The van der Waals surface area contributed by atoms with Gasteiger partial charge in [0.15, 0.2) is 0 Å². The summed E-state index contributed by atoms with van der Waals surface area (Å²) >= 11 is 0. The van der Waals surface area contributed by atoms with E-state index in [0.717, 1.165) is 24.3 Å². The largest absolute Gasteiger partial charge is 0.488 e. The predicted molar refractivity (Wildman–Crippen MR) is 91.0 cm³/mol. The van der Waals surface area contributed by atoms with Crippen molar-refractivity contribution in [1.29, 1.82) is 0 Å². The van der Waals surface area contributed by atoms with E-state index in [1.54, 1.807) is 12.1 Å². The molecule has 120 valence electrons. The summed E-state index contributed by atoms with van der Waals surface area (Å²) in [6.07, 6.45) is 1.08. The monoisotopic (exact) mass is 323 g/mol. The molecule has 0 heterocycles. The van der Waals surface area contributed by atoms with Crippen molar-refractivity contribution in [2.24, 2.45) is 0 Å². The molecule has 2 aromatic carbocycles. The fraction of sp³-hybridized carbons (Fsp3) is 0.333. The number of halogens is 2. The molecule has 0 aliphatic rings. The summed E-state index contributed by atoms with van der Waals surface area (Å²) in [5, 5.41) is 3.44. The van der Waals surface area contributed by atoms with E-state index in [1.807, 2.05) is 30.3 Å². The summed E-state index contributed by atoms with van der Waals surface area (Å²) in [7, 11) is 0. The van der Waals surface area contributed by atoms with Crippen LogP contribution in [-0.4, -0.2) is 6.04 Å². The zero-order chi connectivity index (χ0) is 15.1. The van der Waals surface area contributed by atoms with Crippen molar-refractivity contribution in [3.05, 3.63) is 65.5 Å². The van der Waals surface area contributed by atoms with Crippen LogP contribution in [0, 0.1) is 5.82 Å². The molecule has 22 heavy (non-hydrogen) atoms. The van der Waals surface area contributed by atoms with Crippen molar-refractivity contribution in [2.45, 2.75) is 39.5 Å². The summed E-state index contributed by atoms with van der Waals surface area (Å²) < 4.78 is 19.4. The number of benzene rings is 2. The van der Waals surface area contributed by atoms with Crippen molar-refractivity contribution >= 4 is 12.4 Å². The molecule has 0 aromatic heterocycles. The first kappa shape index (κ1) is 18.5. The average molecular weight is 324 g/mol. The molecule has 0 fully saturated rings. The summed E-state index contributed by atoms with van der Waals surface area (Å²) in [6, 6.07) is 15.0. The van der Waals surface area contributed by atoms with E-state index in [-0.39, 0.29) is 24.8 Å². The number of hydrogen-bond acceptors (Lipinski definition) is 2. The third-order valence-corrected chi connectivity index (χ3v) is 3.57. The van der Waals surface area contributed by atoms with Crippen LogP contribution in [0.25, 0.3) is 0 Å². The SMILES string of the molecule is CCC(C)NCc1ccccc1OCc1ccccc1F.Cl. The standard InChI is InChI=1S/C18H22FNO.ClH/c1-3-14(2)20-12-15-8-5-7-11-18(15)21-13-16-9-4-6-10-17(16)19;/h4-11,14,20H,3,12-13H2,1-2H3;1H. The Labute approximate surface area is 138 Å². The molecule has 0 saturated carbocycles. The zero-order valence-electron chi connectivity index (χ0n) is 13.0. The minimum Gasteiger partial charge on any atom is -0.488 e. The van der Waals surface area contributed by atoms with Gasteiger partial charge in [-0.1, -0.05) is 43.3 Å². The first-order chi connectivity index (χ1) is 10.2. The Bertz CT molecular complexity index is 577. The lowest BCUT2D eigenvalue weighted by molar-refractivity contribution is 0.295. The Morgan fingerprint density at radius 1 is 1.05 bits per heavy atom. The lowest BCUT2D eigenvalue weighted by Gasteiger charge is -2.15. The second kappa shape index (κ2) is 9.44. The van der Waals surface area contributed by atoms with Crippen molar-refractivity contribution in [3.63, 3.8) is 0 Å². The highest BCUT2D eigenvalue weighted by atomic mass is 35.5. The molecular formula is C18H23ClFNO. The molecule has 2 aromatic rings. The van der Waals surface area contributed by atoms with Crippen LogP contribution in [0.1, 0.15) is 31.4 Å². The molecule has 0 aliphatic carbocycles. The molecule has 0 bridgehead atoms. The molecule has 1 unspecified atom stereocenters. The van der Waals surface area contributed by atoms with Gasteiger partial charge in [-0.25, -0.2) is 4.39 Å². The van der Waals surface area contributed by atoms with E-state index in [1.165, 1.54) is 6.07 Å². The minimum absolute atomic E-state index is 0. The van der Waals surface area contributed by atoms with Crippen molar-refractivity contribution < 1.29 is 9.13 Å². The number of para-hydroxylation sites is 1. The number of rotatable bonds is 7. The molecule has 0 amide bonds. The predicted octanol–water partition coefficient (Wildman–Crippen LogP) is 4.71. The van der Waals surface area contributed by atoms with Gasteiger partial charge in [0.05, 0.1) is 0 Å². The van der Waals surface area contributed by atoms with Gasteiger partial charge >= 0.3 is 0 Å². The van der Waals surface area contributed by atoms with Gasteiger partial charge in [-0.2, -0.15) is 0 Å². The second-order valence-corrected chi connectivity index (χ2v) is 5.18. The van der Waals surface area contributed by atoms with E-state index in [4.69, 9.17) is 4.74 Å². The van der Waals surface area contributed by atoms with Crippen molar-refractivity contribution in [1.82, 2.24) is 5.32 Å². The van der Waals surface area contributed by atoms with E-state index in [2.05, 4.69) is 19.2 Å². The number of nitrogens with one attached hydrogen (secondary N) is 1. The van der Waals surface area contributed by atoms with E-state index in [9.17, 15) is 4.39 Å². The number of ether oxygens (including phenoxy) is 1. The Morgan fingerprint density at radius 3 is 2.36 bits per heavy atom. The number of hydrogen-bond donors (Lipinski definition) is 1. The third kappa shape index (κ3) is 5.32. The van der Waals surface area contributed by atoms with E-state index in [0.29, 0.717) is 11.6 Å². The van der Waals surface area contributed by atoms with Gasteiger partial charge in [-0.3, -0.25) is 0 Å². The fourth-order valence-corrected chi connectivity index (χ4v) is 1.99. The molecule has 0 spiro atoms. The van der Waals surface area contributed by atoms with Crippen LogP contribution in [0.2, 0.25) is 0 Å². The lowest BCUT2D eigenvalue weighted by Crippen LogP contribution is -2.24. The maximum Gasteiger partial charge on any atom is 0.129 e. The Hall–Kier alpha value is -1.58. The molecule has 0 aliphatic heterocycles. The molecular weight excluding hydrogens is 301 g/mol. The van der Waals surface area contributed by atoms with Crippen molar-refractivity contribution in [2.75, 3.05) is 0 Å². The Balaban J connectivity index is 0.00000242. The van der Waals surface area contributed by atoms with Gasteiger partial charge in [-0.05, 0) is 25.5 Å². The van der Waals surface area contributed by atoms with Crippen LogP contribution < -0.4 is 10.1 Å². The van der Waals surface area contributed by atoms with Gasteiger partial charge in [0.1, 0.15) is 18.2 Å². The van der Waals surface area contributed by atoms with Crippen LogP contribution >= 0.6 is 12.4 Å². The van der Waals surface area contributed by atoms with E-state index >= 15 is 0 Å². The highest BCUT2D eigenvalue weighted by molar-refractivity contribution is 5.85. The summed E-state index contributed by atoms with van der Waals surface area (Å²) in [5.41, 5.74) is 1.66. The topological polar surface area (TPSA) is 21.3 Å². The summed E-state index contributed by atoms with van der Waals surface area (Å²) in [6.45, 7) is 5.30. The average Bonchev–Trinajstić information content (AvgIpc) is 2.52. The van der Waals surface area contributed by atoms with Gasteiger partial charge in [-0.15, -0.1) is 12.4 Å². The maximum absolute atomic E-state index is 13.6. The first-order valence-electron chi connectivity index (χ1n) is 7.38. The molecule has 1 atom stereocenters. The van der Waals surface area contributed by atoms with E-state index < -0.39 is 0 Å². The quantitative estimate of drug-likeness (QED) is 0.796. The first-order valence-corrected chi connectivity index (χ1v) is 7.38. The van der Waals surface area contributed by atoms with Gasteiger partial charge < -0.3 is 10.1 Å². The highest BCUT2D eigenvalue weighted by Crippen LogP contribution is 2.20. The molecule has 4 heteroatoms. The van der Waals surface area contributed by atoms with Crippen LogP contribution in [-0.2, 0) is 13.2 Å². The fourth-order valence-electron chi connectivity index (χ4n) is 1.99. The van der Waals surface area contributed by atoms with Crippen LogP contribution in [0.4, 0.5) is 4.39 Å². The molecule has 0 radical (unpaired) electrons. The Kier molecular flexibility index (Phi) is 7.92. The maximum atomic E-state index is 13.6. The molecule has 2 nitrogen and oxygen atoms in total. The molecule has 1 N–H and O–H groups in total. The summed E-state index contributed by atoms with van der Waals surface area (Å²) in [4.78, 5) is 0. The normalized spacial score (nSPS) is 11.6. The van der Waals surface area contributed by atoms with Crippen molar-refractivity contribution in [3.8, 4) is 5.75 Å².